The number of rotatable bonds is 13. The largest absolute Gasteiger partial charge is 0.457 e. The van der Waals surface area contributed by atoms with Crippen LogP contribution in [0, 0.1) is 0 Å². The van der Waals surface area contributed by atoms with E-state index in [1.54, 1.807) is 56.3 Å². The molecule has 0 aromatic heterocycles. The molecule has 0 bridgehead atoms. The van der Waals surface area contributed by atoms with E-state index < -0.39 is 28.5 Å². The summed E-state index contributed by atoms with van der Waals surface area (Å²) in [6.45, 7) is 3.62. The van der Waals surface area contributed by atoms with Crippen molar-refractivity contribution in [1.82, 2.24) is 10.2 Å². The second kappa shape index (κ2) is 14.3. The minimum absolute atomic E-state index is 0.0509. The first-order valence-electron chi connectivity index (χ1n) is 13.8. The van der Waals surface area contributed by atoms with Crippen molar-refractivity contribution in [2.24, 2.45) is 0 Å². The van der Waals surface area contributed by atoms with E-state index in [2.05, 4.69) is 5.32 Å². The number of para-hydroxylation sites is 1. The van der Waals surface area contributed by atoms with Gasteiger partial charge in [0.1, 0.15) is 24.1 Å². The monoisotopic (exact) mass is 585 g/mol. The number of sulfonamides is 1. The number of benzene rings is 4. The molecule has 0 radical (unpaired) electrons. The average molecular weight is 586 g/mol. The highest BCUT2D eigenvalue weighted by Gasteiger charge is 2.32. The summed E-state index contributed by atoms with van der Waals surface area (Å²) in [6, 6.07) is 32.6. The zero-order valence-electron chi connectivity index (χ0n) is 23.7. The fraction of sp³-hybridized carbons (Fsp3) is 0.212. The number of ether oxygens (including phenoxy) is 1. The molecule has 0 saturated heterocycles. The molecule has 218 valence electrons. The molecule has 0 heterocycles. The van der Waals surface area contributed by atoms with Gasteiger partial charge in [-0.25, -0.2) is 8.42 Å². The van der Waals surface area contributed by atoms with Crippen molar-refractivity contribution in [3.63, 3.8) is 0 Å². The van der Waals surface area contributed by atoms with Crippen molar-refractivity contribution in [2.75, 3.05) is 23.9 Å². The molecule has 1 N–H and O–H groups in total. The van der Waals surface area contributed by atoms with Gasteiger partial charge < -0.3 is 15.0 Å². The van der Waals surface area contributed by atoms with Gasteiger partial charge in [0.05, 0.1) is 10.6 Å². The predicted molar refractivity (Wildman–Crippen MR) is 164 cm³/mol. The number of hydrogen-bond donors (Lipinski definition) is 1. The Bertz CT molecular complexity index is 1550. The summed E-state index contributed by atoms with van der Waals surface area (Å²) < 4.78 is 34.7. The van der Waals surface area contributed by atoms with E-state index >= 15 is 0 Å². The van der Waals surface area contributed by atoms with Crippen LogP contribution in [0.15, 0.2) is 120 Å². The molecule has 4 rings (SSSR count). The molecule has 4 aromatic carbocycles. The van der Waals surface area contributed by atoms with Crippen LogP contribution in [0.25, 0.3) is 0 Å². The molecule has 0 aliphatic carbocycles. The first-order chi connectivity index (χ1) is 20.3. The maximum Gasteiger partial charge on any atom is 0.264 e. The lowest BCUT2D eigenvalue weighted by Crippen LogP contribution is -2.52. The van der Waals surface area contributed by atoms with Crippen LogP contribution in [-0.4, -0.2) is 50.8 Å². The average Bonchev–Trinajstić information content (AvgIpc) is 3.02. The fourth-order valence-electron chi connectivity index (χ4n) is 4.45. The first-order valence-corrected chi connectivity index (χ1v) is 15.3. The highest BCUT2D eigenvalue weighted by Crippen LogP contribution is 2.28. The number of carbonyl (C=O) groups excluding carboxylic acids is 2. The zero-order chi connectivity index (χ0) is 30.0. The van der Waals surface area contributed by atoms with E-state index in [0.29, 0.717) is 30.2 Å². The summed E-state index contributed by atoms with van der Waals surface area (Å²) in [5, 5.41) is 2.77. The normalized spacial score (nSPS) is 11.8. The third-order valence-electron chi connectivity index (χ3n) is 6.72. The minimum atomic E-state index is -4.13. The summed E-state index contributed by atoms with van der Waals surface area (Å²) in [4.78, 5) is 28.2. The zero-order valence-corrected chi connectivity index (χ0v) is 24.5. The van der Waals surface area contributed by atoms with Crippen LogP contribution in [-0.2, 0) is 26.0 Å². The molecule has 1 atom stereocenters. The van der Waals surface area contributed by atoms with Gasteiger partial charge in [0, 0.05) is 13.1 Å². The second-order valence-corrected chi connectivity index (χ2v) is 11.5. The Balaban J connectivity index is 1.65. The second-order valence-electron chi connectivity index (χ2n) is 9.63. The number of hydrogen-bond acceptors (Lipinski definition) is 5. The van der Waals surface area contributed by atoms with E-state index in [0.717, 1.165) is 9.87 Å². The first kappa shape index (κ1) is 30.3. The predicted octanol–water partition coefficient (Wildman–Crippen LogP) is 5.27. The number of nitrogens with zero attached hydrogens (tertiary/aromatic N) is 2. The fourth-order valence-corrected chi connectivity index (χ4v) is 5.88. The van der Waals surface area contributed by atoms with Gasteiger partial charge in [-0.1, -0.05) is 66.7 Å². The summed E-state index contributed by atoms with van der Waals surface area (Å²) in [7, 11) is -4.13. The van der Waals surface area contributed by atoms with Crippen LogP contribution in [0.1, 0.15) is 19.4 Å². The molecule has 0 aliphatic rings. The number of likely N-dealkylation sites (N-methyl/N-ethyl adjacent to an activating group) is 1. The van der Waals surface area contributed by atoms with Gasteiger partial charge in [0.25, 0.3) is 10.0 Å². The van der Waals surface area contributed by atoms with Crippen LogP contribution in [0.3, 0.4) is 0 Å². The molecule has 0 aliphatic heterocycles. The molecule has 9 heteroatoms. The van der Waals surface area contributed by atoms with E-state index in [1.807, 2.05) is 60.7 Å². The Morgan fingerprint density at radius 2 is 1.33 bits per heavy atom. The highest BCUT2D eigenvalue weighted by molar-refractivity contribution is 7.92. The Labute approximate surface area is 247 Å². The van der Waals surface area contributed by atoms with E-state index in [1.165, 1.54) is 17.0 Å². The summed E-state index contributed by atoms with van der Waals surface area (Å²) >= 11 is 0. The standard InChI is InChI=1S/C33H35N3O5S/c1-3-34-33(38)26(2)35(24-23-27-13-7-4-8-14-27)32(37)25-36(42(39,40)31-17-11-6-12-18-31)28-19-21-30(22-20-28)41-29-15-9-5-10-16-29/h4-22,26H,3,23-25H2,1-2H3,(H,34,38)/t26-/m0/s1. The van der Waals surface area contributed by atoms with Gasteiger partial charge in [-0.2, -0.15) is 0 Å². The summed E-state index contributed by atoms with van der Waals surface area (Å²) in [5.74, 6) is 0.359. The van der Waals surface area contributed by atoms with Crippen LogP contribution in [0.2, 0.25) is 0 Å². The van der Waals surface area contributed by atoms with Crippen molar-refractivity contribution < 1.29 is 22.7 Å². The van der Waals surface area contributed by atoms with Crippen molar-refractivity contribution in [3.05, 3.63) is 121 Å². The maximum absolute atomic E-state index is 13.9. The van der Waals surface area contributed by atoms with Gasteiger partial charge >= 0.3 is 0 Å². The van der Waals surface area contributed by atoms with E-state index in [-0.39, 0.29) is 17.3 Å². The molecule has 0 unspecified atom stereocenters. The van der Waals surface area contributed by atoms with Crippen molar-refractivity contribution in [1.29, 1.82) is 0 Å². The molecule has 8 nitrogen and oxygen atoms in total. The molecule has 2 amide bonds. The van der Waals surface area contributed by atoms with Crippen molar-refractivity contribution in [2.45, 2.75) is 31.2 Å². The Morgan fingerprint density at radius 1 is 0.786 bits per heavy atom. The molecular weight excluding hydrogens is 550 g/mol. The Kier molecular flexibility index (Phi) is 10.3. The molecule has 0 spiro atoms. The SMILES string of the molecule is CCNC(=O)[C@H](C)N(CCc1ccccc1)C(=O)CN(c1ccc(Oc2ccccc2)cc1)S(=O)(=O)c1ccccc1. The minimum Gasteiger partial charge on any atom is -0.457 e. The summed E-state index contributed by atoms with van der Waals surface area (Å²) in [6.07, 6.45) is 0.507. The van der Waals surface area contributed by atoms with Crippen LogP contribution in [0.4, 0.5) is 5.69 Å². The molecule has 0 fully saturated rings. The van der Waals surface area contributed by atoms with Gasteiger partial charge in [-0.05, 0) is 74.4 Å². The topological polar surface area (TPSA) is 96.0 Å². The lowest BCUT2D eigenvalue weighted by atomic mass is 10.1. The smallest absolute Gasteiger partial charge is 0.264 e. The molecule has 0 saturated carbocycles. The van der Waals surface area contributed by atoms with Crippen LogP contribution in [0.5, 0.6) is 11.5 Å². The number of nitrogens with one attached hydrogen (secondary N) is 1. The van der Waals surface area contributed by atoms with Crippen molar-refractivity contribution in [3.8, 4) is 11.5 Å². The number of carbonyl (C=O) groups is 2. The van der Waals surface area contributed by atoms with Gasteiger partial charge in [0.2, 0.25) is 11.8 Å². The lowest BCUT2D eigenvalue weighted by Gasteiger charge is -2.32. The Hall–Kier alpha value is -4.63. The number of anilines is 1. The van der Waals surface area contributed by atoms with E-state index in [9.17, 15) is 18.0 Å². The lowest BCUT2D eigenvalue weighted by molar-refractivity contribution is -0.138. The van der Waals surface area contributed by atoms with Crippen LogP contribution < -0.4 is 14.4 Å². The maximum atomic E-state index is 13.9. The van der Waals surface area contributed by atoms with Gasteiger partial charge in [-0.15, -0.1) is 0 Å². The molecule has 4 aromatic rings. The third kappa shape index (κ3) is 7.76. The molecular formula is C33H35N3O5S. The summed E-state index contributed by atoms with van der Waals surface area (Å²) in [5.41, 5.74) is 1.29. The van der Waals surface area contributed by atoms with Crippen LogP contribution >= 0.6 is 0 Å². The number of amides is 2. The van der Waals surface area contributed by atoms with Gasteiger partial charge in [-0.3, -0.25) is 13.9 Å². The molecule has 42 heavy (non-hydrogen) atoms. The van der Waals surface area contributed by atoms with Gasteiger partial charge in [0.15, 0.2) is 0 Å². The van der Waals surface area contributed by atoms with E-state index in [4.69, 9.17) is 4.74 Å². The van der Waals surface area contributed by atoms with Crippen molar-refractivity contribution >= 4 is 27.5 Å². The third-order valence-corrected chi connectivity index (χ3v) is 8.50. The highest BCUT2D eigenvalue weighted by atomic mass is 32.2. The Morgan fingerprint density at radius 3 is 1.93 bits per heavy atom. The quantitative estimate of drug-likeness (QED) is 0.231.